The molecule has 3 heterocycles. The van der Waals surface area contributed by atoms with E-state index in [1.54, 1.807) is 10.8 Å². The maximum Gasteiger partial charge on any atom is 0.159 e. The largest absolute Gasteiger partial charge is 0.469 e. The summed E-state index contributed by atoms with van der Waals surface area (Å²) < 4.78 is 7.01. The number of furan rings is 1. The smallest absolute Gasteiger partial charge is 0.159 e. The second-order valence-electron chi connectivity index (χ2n) is 3.29. The molecule has 0 saturated carbocycles. The van der Waals surface area contributed by atoms with Crippen LogP contribution in [0.4, 0.5) is 0 Å². The zero-order valence-electron chi connectivity index (χ0n) is 8.00. The molecule has 0 spiro atoms. The summed E-state index contributed by atoms with van der Waals surface area (Å²) in [5.74, 6) is 1.65. The number of nitrogens with zero attached hydrogens (tertiary/aromatic N) is 3. The zero-order valence-corrected chi connectivity index (χ0v) is 8.00. The first kappa shape index (κ1) is 8.23. The zero-order chi connectivity index (χ0) is 10.1. The Morgan fingerprint density at radius 1 is 1.20 bits per heavy atom. The van der Waals surface area contributed by atoms with Gasteiger partial charge in [-0.25, -0.2) is 9.50 Å². The lowest BCUT2D eigenvalue weighted by Crippen LogP contribution is -1.89. The summed E-state index contributed by atoms with van der Waals surface area (Å²) in [6.07, 6.45) is 4.17. The van der Waals surface area contributed by atoms with Crippen molar-refractivity contribution in [2.24, 2.45) is 0 Å². The van der Waals surface area contributed by atoms with Crippen molar-refractivity contribution in [3.63, 3.8) is 0 Å². The van der Waals surface area contributed by atoms with E-state index in [1.165, 1.54) is 0 Å². The lowest BCUT2D eigenvalue weighted by Gasteiger charge is -1.88. The van der Waals surface area contributed by atoms with Gasteiger partial charge in [0, 0.05) is 6.20 Å². The van der Waals surface area contributed by atoms with Gasteiger partial charge in [-0.15, -0.1) is 0 Å². The van der Waals surface area contributed by atoms with Crippen LogP contribution in [0.25, 0.3) is 5.65 Å². The summed E-state index contributed by atoms with van der Waals surface area (Å²) in [4.78, 5) is 4.38. The molecule has 0 aliphatic heterocycles. The third-order valence-electron chi connectivity index (χ3n) is 2.20. The van der Waals surface area contributed by atoms with E-state index in [0.717, 1.165) is 17.2 Å². The topological polar surface area (TPSA) is 43.3 Å². The first-order chi connectivity index (χ1) is 7.42. The van der Waals surface area contributed by atoms with E-state index in [9.17, 15) is 0 Å². The molecule has 15 heavy (non-hydrogen) atoms. The van der Waals surface area contributed by atoms with Crippen LogP contribution in [0, 0.1) is 0 Å². The molecule has 0 bridgehead atoms. The van der Waals surface area contributed by atoms with Crippen molar-refractivity contribution < 1.29 is 4.42 Å². The average Bonchev–Trinajstić information content (AvgIpc) is 2.86. The van der Waals surface area contributed by atoms with E-state index in [0.29, 0.717) is 6.42 Å². The van der Waals surface area contributed by atoms with Crippen LogP contribution in [-0.4, -0.2) is 14.6 Å². The van der Waals surface area contributed by atoms with Crippen LogP contribution in [0.2, 0.25) is 0 Å². The molecule has 3 aromatic heterocycles. The van der Waals surface area contributed by atoms with Gasteiger partial charge in [-0.3, -0.25) is 0 Å². The summed E-state index contributed by atoms with van der Waals surface area (Å²) in [5, 5.41) is 4.33. The molecule has 3 rings (SSSR count). The number of pyridine rings is 1. The van der Waals surface area contributed by atoms with Gasteiger partial charge < -0.3 is 4.42 Å². The fourth-order valence-corrected chi connectivity index (χ4v) is 1.52. The SMILES string of the molecule is c1coc(Cc2nc3ccccn3n2)c1. The average molecular weight is 199 g/mol. The molecule has 0 amide bonds. The van der Waals surface area contributed by atoms with Crippen LogP contribution >= 0.6 is 0 Å². The molecule has 0 aromatic carbocycles. The highest BCUT2D eigenvalue weighted by Crippen LogP contribution is 2.07. The molecule has 0 unspecified atom stereocenters. The van der Waals surface area contributed by atoms with Crippen molar-refractivity contribution in [3.8, 4) is 0 Å². The first-order valence-electron chi connectivity index (χ1n) is 4.74. The highest BCUT2D eigenvalue weighted by atomic mass is 16.3. The Balaban J connectivity index is 1.98. The molecule has 74 valence electrons. The highest BCUT2D eigenvalue weighted by molar-refractivity contribution is 5.36. The predicted octanol–water partition coefficient (Wildman–Crippen LogP) is 1.91. The van der Waals surface area contributed by atoms with Crippen molar-refractivity contribution in [1.29, 1.82) is 0 Å². The lowest BCUT2D eigenvalue weighted by molar-refractivity contribution is 0.517. The molecule has 0 N–H and O–H groups in total. The Hall–Kier alpha value is -2.10. The summed E-state index contributed by atoms with van der Waals surface area (Å²) in [5.41, 5.74) is 0.860. The quantitative estimate of drug-likeness (QED) is 0.633. The van der Waals surface area contributed by atoms with Gasteiger partial charge in [0.15, 0.2) is 11.5 Å². The van der Waals surface area contributed by atoms with Gasteiger partial charge in [-0.05, 0) is 24.3 Å². The maximum absolute atomic E-state index is 5.24. The van der Waals surface area contributed by atoms with Gasteiger partial charge in [0.05, 0.1) is 12.7 Å². The molecule has 0 aliphatic carbocycles. The minimum Gasteiger partial charge on any atom is -0.469 e. The van der Waals surface area contributed by atoms with Gasteiger partial charge >= 0.3 is 0 Å². The van der Waals surface area contributed by atoms with Gasteiger partial charge in [0.2, 0.25) is 0 Å². The van der Waals surface area contributed by atoms with E-state index >= 15 is 0 Å². The van der Waals surface area contributed by atoms with Crippen LogP contribution in [0.3, 0.4) is 0 Å². The number of fused-ring (bicyclic) bond motifs is 1. The van der Waals surface area contributed by atoms with Gasteiger partial charge in [-0.1, -0.05) is 6.07 Å². The lowest BCUT2D eigenvalue weighted by atomic mass is 10.3. The van der Waals surface area contributed by atoms with Crippen LogP contribution < -0.4 is 0 Å². The maximum atomic E-state index is 5.24. The van der Waals surface area contributed by atoms with Crippen molar-refractivity contribution >= 4 is 5.65 Å². The second-order valence-corrected chi connectivity index (χ2v) is 3.29. The minimum absolute atomic E-state index is 0.634. The van der Waals surface area contributed by atoms with Crippen LogP contribution in [0.5, 0.6) is 0 Å². The molecule has 0 aliphatic rings. The third-order valence-corrected chi connectivity index (χ3v) is 2.20. The highest BCUT2D eigenvalue weighted by Gasteiger charge is 2.05. The van der Waals surface area contributed by atoms with Gasteiger partial charge in [0.1, 0.15) is 5.76 Å². The molecular weight excluding hydrogens is 190 g/mol. The number of aromatic nitrogens is 3. The molecule has 3 aromatic rings. The molecule has 0 fully saturated rings. The molecule has 0 saturated heterocycles. The summed E-state index contributed by atoms with van der Waals surface area (Å²) >= 11 is 0. The van der Waals surface area contributed by atoms with Gasteiger partial charge in [0.25, 0.3) is 0 Å². The molecule has 0 radical (unpaired) electrons. The van der Waals surface area contributed by atoms with E-state index in [4.69, 9.17) is 4.42 Å². The summed E-state index contributed by atoms with van der Waals surface area (Å²) in [7, 11) is 0. The van der Waals surface area contributed by atoms with E-state index in [-0.39, 0.29) is 0 Å². The van der Waals surface area contributed by atoms with E-state index in [2.05, 4.69) is 10.1 Å². The Labute approximate surface area is 86.2 Å². The predicted molar refractivity (Wildman–Crippen MR) is 54.5 cm³/mol. The Morgan fingerprint density at radius 3 is 3.00 bits per heavy atom. The number of rotatable bonds is 2. The second kappa shape index (κ2) is 3.24. The molecule has 4 heteroatoms. The van der Waals surface area contributed by atoms with Crippen LogP contribution in [-0.2, 0) is 6.42 Å². The Kier molecular flexibility index (Phi) is 1.78. The van der Waals surface area contributed by atoms with Gasteiger partial charge in [-0.2, -0.15) is 5.10 Å². The third kappa shape index (κ3) is 1.50. The minimum atomic E-state index is 0.634. The standard InChI is InChI=1S/C11H9N3O/c1-2-6-14-11(5-1)12-10(13-14)8-9-4-3-7-15-9/h1-7H,8H2. The number of hydrogen-bond acceptors (Lipinski definition) is 3. The van der Waals surface area contributed by atoms with E-state index < -0.39 is 0 Å². The van der Waals surface area contributed by atoms with Crippen molar-refractivity contribution in [2.45, 2.75) is 6.42 Å². The van der Waals surface area contributed by atoms with Crippen molar-refractivity contribution in [3.05, 3.63) is 54.4 Å². The van der Waals surface area contributed by atoms with Crippen molar-refractivity contribution in [2.75, 3.05) is 0 Å². The monoisotopic (exact) mass is 199 g/mol. The first-order valence-corrected chi connectivity index (χ1v) is 4.74. The summed E-state index contributed by atoms with van der Waals surface area (Å²) in [6, 6.07) is 9.59. The molecule has 4 nitrogen and oxygen atoms in total. The van der Waals surface area contributed by atoms with E-state index in [1.807, 2.05) is 36.5 Å². The molecule has 0 atom stereocenters. The van der Waals surface area contributed by atoms with Crippen molar-refractivity contribution in [1.82, 2.24) is 14.6 Å². The normalized spacial score (nSPS) is 10.9. The van der Waals surface area contributed by atoms with Crippen LogP contribution in [0.15, 0.2) is 47.2 Å². The number of hydrogen-bond donors (Lipinski definition) is 0. The Bertz CT molecular complexity index is 535. The molecular formula is C11H9N3O. The van der Waals surface area contributed by atoms with Crippen LogP contribution in [0.1, 0.15) is 11.6 Å². The fourth-order valence-electron chi connectivity index (χ4n) is 1.52. The summed E-state index contributed by atoms with van der Waals surface area (Å²) in [6.45, 7) is 0. The Morgan fingerprint density at radius 2 is 2.20 bits per heavy atom. The fraction of sp³-hybridized carbons (Fsp3) is 0.0909.